The number of hydrogen-bond donors (Lipinski definition) is 2. The predicted molar refractivity (Wildman–Crippen MR) is 149 cm³/mol. The zero-order valence-electron chi connectivity index (χ0n) is 22.2. The molecular weight excluding hydrogens is 592 g/mol. The average molecular weight is 621 g/mol. The summed E-state index contributed by atoms with van der Waals surface area (Å²) in [6.07, 6.45) is -3.32. The fourth-order valence-electron chi connectivity index (χ4n) is 3.92. The Kier molecular flexibility index (Phi) is 11.8. The second kappa shape index (κ2) is 14.4. The topological polar surface area (TPSA) is 133 Å². The van der Waals surface area contributed by atoms with Crippen LogP contribution in [0.5, 0.6) is 0 Å². The maximum Gasteiger partial charge on any atom is 0.423 e. The Balaban J connectivity index is 0.000000290. The number of rotatable bonds is 11. The van der Waals surface area contributed by atoms with Crippen molar-refractivity contribution in [2.45, 2.75) is 44.8 Å². The van der Waals surface area contributed by atoms with Crippen molar-refractivity contribution in [1.29, 1.82) is 0 Å². The number of nitrogens with zero attached hydrogens (tertiary/aromatic N) is 3. The SMILES string of the molecule is CC1(C)NC(=O)N(c2ccc([N+](=O)[O-])c(C(F)(F)F)c2)C1=O.O=C(O)CCCc1ccc(N(CCCl)CCCl)cc1. The van der Waals surface area contributed by atoms with E-state index in [4.69, 9.17) is 28.3 Å². The van der Waals surface area contributed by atoms with Gasteiger partial charge in [-0.1, -0.05) is 12.1 Å². The monoisotopic (exact) mass is 620 g/mol. The molecule has 0 unspecified atom stereocenters. The van der Waals surface area contributed by atoms with E-state index in [1.807, 2.05) is 24.3 Å². The van der Waals surface area contributed by atoms with Gasteiger partial charge in [0.2, 0.25) is 0 Å². The second-order valence-corrected chi connectivity index (χ2v) is 10.2. The number of carbonyl (C=O) groups excluding carboxylic acids is 2. The number of carbonyl (C=O) groups is 3. The minimum atomic E-state index is -4.99. The number of halogens is 5. The standard InChI is InChI=1S/C14H19Cl2NO2.C12H10F3N3O4/c15-8-10-17(11-9-16)13-6-4-12(5-7-13)2-1-3-14(18)19;1-11(2)9(19)17(10(20)16-11)6-3-4-8(18(21)22)7(5-6)12(13,14)15/h4-7H,1-3,8-11H2,(H,18,19);3-5H,1-2H3,(H,16,20). The van der Waals surface area contributed by atoms with E-state index in [2.05, 4.69) is 10.2 Å². The van der Waals surface area contributed by atoms with Crippen molar-refractivity contribution in [2.75, 3.05) is 34.6 Å². The van der Waals surface area contributed by atoms with Crippen molar-refractivity contribution in [3.05, 3.63) is 63.7 Å². The van der Waals surface area contributed by atoms with Gasteiger partial charge >= 0.3 is 18.2 Å². The lowest BCUT2D eigenvalue weighted by Crippen LogP contribution is -2.40. The summed E-state index contributed by atoms with van der Waals surface area (Å²) in [6, 6.07) is 9.20. The van der Waals surface area contributed by atoms with Gasteiger partial charge in [0.15, 0.2) is 0 Å². The van der Waals surface area contributed by atoms with E-state index in [1.165, 1.54) is 13.8 Å². The number of nitro groups is 1. The zero-order chi connectivity index (χ0) is 31.0. The van der Waals surface area contributed by atoms with E-state index in [1.54, 1.807) is 0 Å². The maximum atomic E-state index is 12.9. The lowest BCUT2D eigenvalue weighted by molar-refractivity contribution is -0.388. The van der Waals surface area contributed by atoms with Crippen LogP contribution in [0.4, 0.5) is 35.0 Å². The van der Waals surface area contributed by atoms with Gasteiger partial charge < -0.3 is 15.3 Å². The number of imide groups is 1. The highest BCUT2D eigenvalue weighted by Crippen LogP contribution is 2.39. The van der Waals surface area contributed by atoms with Crippen molar-refractivity contribution in [2.24, 2.45) is 0 Å². The number of anilines is 2. The summed E-state index contributed by atoms with van der Waals surface area (Å²) in [5.74, 6) is -0.361. The van der Waals surface area contributed by atoms with Gasteiger partial charge in [-0.05, 0) is 56.5 Å². The average Bonchev–Trinajstić information content (AvgIpc) is 3.09. The first kappa shape index (κ1) is 33.6. The van der Waals surface area contributed by atoms with Gasteiger partial charge in [0.25, 0.3) is 11.6 Å². The molecule has 2 aromatic carbocycles. The molecule has 15 heteroatoms. The number of aryl methyl sites for hydroxylation is 1. The summed E-state index contributed by atoms with van der Waals surface area (Å²) in [6.45, 7) is 4.33. The number of nitrogens with one attached hydrogen (secondary N) is 1. The largest absolute Gasteiger partial charge is 0.481 e. The van der Waals surface area contributed by atoms with Crippen LogP contribution in [0.3, 0.4) is 0 Å². The van der Waals surface area contributed by atoms with E-state index in [9.17, 15) is 37.7 Å². The van der Waals surface area contributed by atoms with E-state index < -0.39 is 45.8 Å². The quantitative estimate of drug-likeness (QED) is 0.140. The lowest BCUT2D eigenvalue weighted by Gasteiger charge is -2.23. The van der Waals surface area contributed by atoms with Crippen LogP contribution in [0.25, 0.3) is 0 Å². The zero-order valence-corrected chi connectivity index (χ0v) is 23.7. The number of hydrogen-bond acceptors (Lipinski definition) is 6. The Morgan fingerprint density at radius 1 is 1.10 bits per heavy atom. The van der Waals surface area contributed by atoms with Crippen LogP contribution in [0.15, 0.2) is 42.5 Å². The number of amides is 3. The van der Waals surface area contributed by atoms with E-state index in [0.29, 0.717) is 35.2 Å². The fraction of sp³-hybridized carbons (Fsp3) is 0.423. The first-order chi connectivity index (χ1) is 19.1. The smallest absolute Gasteiger partial charge is 0.423 e. The highest BCUT2D eigenvalue weighted by atomic mass is 35.5. The number of nitro benzene ring substituents is 1. The molecule has 0 radical (unpaired) electrons. The minimum absolute atomic E-state index is 0.215. The Morgan fingerprint density at radius 3 is 2.12 bits per heavy atom. The summed E-state index contributed by atoms with van der Waals surface area (Å²) < 4.78 is 38.7. The van der Waals surface area contributed by atoms with Crippen LogP contribution in [-0.2, 0) is 22.2 Å². The molecular formula is C26H29Cl2F3N4O6. The Hall–Kier alpha value is -3.58. The molecule has 1 fully saturated rings. The Bertz CT molecular complexity index is 1250. The Labute approximate surface area is 244 Å². The molecule has 1 aliphatic rings. The molecule has 0 aliphatic carbocycles. The number of benzene rings is 2. The molecule has 10 nitrogen and oxygen atoms in total. The number of urea groups is 1. The van der Waals surface area contributed by atoms with Gasteiger partial charge in [0.05, 0.1) is 10.6 Å². The molecule has 1 saturated heterocycles. The molecule has 2 N–H and O–H groups in total. The first-order valence-electron chi connectivity index (χ1n) is 12.3. The third-order valence-corrected chi connectivity index (χ3v) is 6.31. The minimum Gasteiger partial charge on any atom is -0.481 e. The molecule has 2 aromatic rings. The van der Waals surface area contributed by atoms with Crippen LogP contribution in [0, 0.1) is 10.1 Å². The van der Waals surface area contributed by atoms with Crippen LogP contribution in [-0.4, -0.2) is 58.3 Å². The summed E-state index contributed by atoms with van der Waals surface area (Å²) in [5.41, 5.74) is -2.07. The van der Waals surface area contributed by atoms with Crippen LogP contribution in [0.1, 0.15) is 37.8 Å². The van der Waals surface area contributed by atoms with Crippen molar-refractivity contribution < 1.29 is 37.6 Å². The molecule has 1 heterocycles. The molecule has 1 aliphatic heterocycles. The highest BCUT2D eigenvalue weighted by molar-refractivity contribution is 6.23. The highest BCUT2D eigenvalue weighted by Gasteiger charge is 2.46. The van der Waals surface area contributed by atoms with Gasteiger partial charge in [0, 0.05) is 43.0 Å². The lowest BCUT2D eigenvalue weighted by atomic mass is 10.1. The van der Waals surface area contributed by atoms with Gasteiger partial charge in [-0.25, -0.2) is 9.69 Å². The van der Waals surface area contributed by atoms with Gasteiger partial charge in [-0.3, -0.25) is 19.7 Å². The van der Waals surface area contributed by atoms with Gasteiger partial charge in [0.1, 0.15) is 11.1 Å². The molecule has 224 valence electrons. The third-order valence-electron chi connectivity index (χ3n) is 5.97. The molecule has 41 heavy (non-hydrogen) atoms. The molecule has 0 spiro atoms. The molecule has 0 aromatic heterocycles. The molecule has 0 atom stereocenters. The molecule has 0 saturated carbocycles. The number of carboxylic acids is 1. The predicted octanol–water partition coefficient (Wildman–Crippen LogP) is 5.83. The van der Waals surface area contributed by atoms with Gasteiger partial charge in [-0.2, -0.15) is 13.2 Å². The second-order valence-electron chi connectivity index (χ2n) is 9.43. The van der Waals surface area contributed by atoms with Crippen LogP contribution >= 0.6 is 23.2 Å². The normalized spacial score (nSPS) is 14.3. The van der Waals surface area contributed by atoms with E-state index in [0.717, 1.165) is 36.8 Å². The van der Waals surface area contributed by atoms with E-state index in [-0.39, 0.29) is 12.1 Å². The summed E-state index contributed by atoms with van der Waals surface area (Å²) in [4.78, 5) is 46.4. The molecule has 0 bridgehead atoms. The van der Waals surface area contributed by atoms with Crippen molar-refractivity contribution in [1.82, 2.24) is 5.32 Å². The van der Waals surface area contributed by atoms with Crippen molar-refractivity contribution >= 4 is 58.2 Å². The number of aliphatic carboxylic acids is 1. The molecule has 3 amide bonds. The van der Waals surface area contributed by atoms with Gasteiger partial charge in [-0.15, -0.1) is 23.2 Å². The van der Waals surface area contributed by atoms with E-state index >= 15 is 0 Å². The summed E-state index contributed by atoms with van der Waals surface area (Å²) in [7, 11) is 0. The number of carboxylic acid groups (broad SMARTS) is 1. The third kappa shape index (κ3) is 9.22. The van der Waals surface area contributed by atoms with Crippen LogP contribution < -0.4 is 15.1 Å². The summed E-state index contributed by atoms with van der Waals surface area (Å²) in [5, 5.41) is 21.6. The first-order valence-corrected chi connectivity index (χ1v) is 13.4. The fourth-order valence-corrected chi connectivity index (χ4v) is 4.33. The van der Waals surface area contributed by atoms with Crippen LogP contribution in [0.2, 0.25) is 0 Å². The number of alkyl halides is 5. The molecule has 3 rings (SSSR count). The van der Waals surface area contributed by atoms with Crippen molar-refractivity contribution in [3.8, 4) is 0 Å². The van der Waals surface area contributed by atoms with Crippen molar-refractivity contribution in [3.63, 3.8) is 0 Å². The maximum absolute atomic E-state index is 12.9. The summed E-state index contributed by atoms with van der Waals surface area (Å²) >= 11 is 11.5. The Morgan fingerprint density at radius 2 is 1.68 bits per heavy atom.